The predicted molar refractivity (Wildman–Crippen MR) is 482 cm³/mol. The molecule has 702 valence electrons. The molecule has 2 fully saturated rings. The number of carbonyl (C=O) groups is 15. The molecule has 2 aliphatic heterocycles. The largest absolute Gasteiger partial charge is 0.394 e. The minimum absolute atomic E-state index is 0.0214. The number of unbranched alkanes of at least 4 members (excludes halogenated alkanes) is 2. The summed E-state index contributed by atoms with van der Waals surface area (Å²) in [6.07, 6.45) is 5.71. The van der Waals surface area contributed by atoms with E-state index in [9.17, 15) is 63.0 Å². The number of nitrogens with zero attached hydrogens (tertiary/aromatic N) is 6. The van der Waals surface area contributed by atoms with E-state index in [1.165, 1.54) is 69.3 Å². The highest BCUT2D eigenvalue weighted by Crippen LogP contribution is 2.26. The van der Waals surface area contributed by atoms with E-state index >= 15 is 19.2 Å². The molecule has 2 aliphatic rings. The first-order valence-corrected chi connectivity index (χ1v) is 44.8. The molecule has 6 aromatic rings. The number of hydrogen-bond acceptors (Lipinski definition) is 21. The standard InChI is InChI=1S/C88H127N23O17S/c1-11-13-31-69-81(122)101-61(30-22-34-93-88(90)91)77(118)106-68(76(117)96-44-72(89)113)47-129-48-74(115)100-65(37-53-24-16-15-17-25-53)85(126)108(8)52(6)75(116)98-51(5)83(124)111-35-23-33-70(111)82(123)102-63(40-56-43-92-49-97-56)79(120)103-64(36-50(3)4)84(125)107(7)45-73(114)99-62(38-54-41-94-59-28-20-18-26-57(54)59)78(119)105-67(46-112)80(121)104-66(39-55-42-95-60-29-21-19-27-58(55)60)86(127)110(10)71(32-14-12-2)87(128)109(69)9/h15-21,24-29,41-43,49-52,61-71,80,94-95,104,112,121H,11-14,22-23,30-40,44-48H2,1-10H3,(H2,89,113)(H,92,97)(H,96,117)(H,98,116)(H,99,114)(H,100,115)(H,101,122)(H,102,123)(H,103,120)(H,105,119)(H,106,118)(H4,90,91,93)/t51-,52-,61-,62-,63-,64-,65-,66-,67-,68-,69-,70?,71-,80?/m0/s1. The Labute approximate surface area is 753 Å². The van der Waals surface area contributed by atoms with Crippen LogP contribution in [-0.2, 0) is 97.6 Å². The fourth-order valence-electron chi connectivity index (χ4n) is 15.7. The predicted octanol–water partition coefficient (Wildman–Crippen LogP) is -1.20. The van der Waals surface area contributed by atoms with E-state index < -0.39 is 205 Å². The second-order valence-electron chi connectivity index (χ2n) is 33.3. The van der Waals surface area contributed by atoms with Gasteiger partial charge in [-0.25, -0.2) is 4.98 Å². The number of guanidine groups is 1. The number of thioether (sulfide) groups is 1. The number of aromatic amines is 3. The number of benzene rings is 3. The number of nitrogens with two attached hydrogens (primary N) is 2. The number of amides is 15. The van der Waals surface area contributed by atoms with Gasteiger partial charge >= 0.3 is 0 Å². The molecular formula is C88H127N23O17S. The summed E-state index contributed by atoms with van der Waals surface area (Å²) in [5.74, 6) is -13.7. The molecule has 21 N–H and O–H groups in total. The van der Waals surface area contributed by atoms with Gasteiger partial charge in [0.05, 0.1) is 43.9 Å². The van der Waals surface area contributed by atoms with Crippen LogP contribution >= 0.6 is 11.8 Å². The lowest BCUT2D eigenvalue weighted by Crippen LogP contribution is -2.62. The number of primary amides is 1. The van der Waals surface area contributed by atoms with Gasteiger partial charge in [-0.15, -0.1) is 11.8 Å². The number of nitrogens with one attached hydrogen (secondary N) is 15. The SMILES string of the molecule is CCCC[C@H]1C(=O)N(C)[C@@H](CCCC)C(=O)N[C@@H](CCCNC(=N)N)C(=O)N[C@H](C(=O)NCC(N)=O)CSCC(=O)N[C@@H](Cc2ccccc2)C(=O)N(C)[C@@H](C)C(=O)N[C@@H](C)C(=O)N2CCCC2C(=O)N[C@@H](Cc2cnc[nH]2)C(=O)N[C@@H](CC(C)C)C(=O)N(C)CC(=O)N[C@@H](Cc2c[nH]c3ccccc23)C(=O)N[C@@H](CO)C(O)N[C@@H](Cc2c[nH]c3ccccc23)C(=O)N1C. The second kappa shape index (κ2) is 49.7. The third-order valence-corrected chi connectivity index (χ3v) is 24.0. The molecule has 15 amide bonds. The fraction of sp³-hybridized carbons (Fsp3) is 0.534. The van der Waals surface area contributed by atoms with E-state index in [2.05, 4.69) is 78.4 Å². The Kier molecular flexibility index (Phi) is 39.3. The molecule has 40 nitrogen and oxygen atoms in total. The van der Waals surface area contributed by atoms with Gasteiger partial charge in [-0.2, -0.15) is 0 Å². The molecule has 2 unspecified atom stereocenters. The summed E-state index contributed by atoms with van der Waals surface area (Å²) in [7, 11) is 5.42. The van der Waals surface area contributed by atoms with Gasteiger partial charge in [0.15, 0.2) is 5.96 Å². The van der Waals surface area contributed by atoms with Crippen molar-refractivity contribution in [3.63, 3.8) is 0 Å². The number of imidazole rings is 1. The smallest absolute Gasteiger partial charge is 0.245 e. The van der Waals surface area contributed by atoms with Crippen LogP contribution in [-0.4, -0.2) is 306 Å². The number of aliphatic hydroxyl groups excluding tert-OH is 2. The number of rotatable bonds is 24. The van der Waals surface area contributed by atoms with E-state index in [0.29, 0.717) is 76.3 Å². The molecular weight excluding hydrogens is 1680 g/mol. The molecule has 8 rings (SSSR count). The Hall–Kier alpha value is -12.5. The minimum Gasteiger partial charge on any atom is -0.394 e. The van der Waals surface area contributed by atoms with Gasteiger partial charge in [0.1, 0.15) is 72.7 Å². The summed E-state index contributed by atoms with van der Waals surface area (Å²) in [6, 6.07) is 4.77. The summed E-state index contributed by atoms with van der Waals surface area (Å²) < 4.78 is 0. The lowest BCUT2D eigenvalue weighted by Gasteiger charge is -2.37. The average Bonchev–Trinajstić information content (AvgIpc) is 1.69. The maximum Gasteiger partial charge on any atom is 0.245 e. The maximum absolute atomic E-state index is 15.7. The van der Waals surface area contributed by atoms with Crippen LogP contribution in [0.4, 0.5) is 0 Å². The number of H-pyrrole nitrogens is 3. The van der Waals surface area contributed by atoms with Crippen LogP contribution in [0.3, 0.4) is 0 Å². The summed E-state index contributed by atoms with van der Waals surface area (Å²) >= 11 is 0.832. The van der Waals surface area contributed by atoms with Crippen molar-refractivity contribution < 1.29 is 82.1 Å². The van der Waals surface area contributed by atoms with Crippen LogP contribution in [0.25, 0.3) is 21.8 Å². The normalized spacial score (nSPS) is 24.4. The first kappa shape index (κ1) is 102. The van der Waals surface area contributed by atoms with Crippen molar-refractivity contribution in [2.75, 3.05) is 72.5 Å². The van der Waals surface area contributed by atoms with Gasteiger partial charge in [-0.1, -0.05) is 120 Å². The van der Waals surface area contributed by atoms with Crippen molar-refractivity contribution in [2.24, 2.45) is 17.4 Å². The molecule has 3 aromatic carbocycles. The molecule has 3 aromatic heterocycles. The van der Waals surface area contributed by atoms with Gasteiger partial charge in [0.2, 0.25) is 88.6 Å². The lowest BCUT2D eigenvalue weighted by atomic mass is 10.00. The maximum atomic E-state index is 15.7. The number of para-hydroxylation sites is 2. The molecule has 41 heteroatoms. The van der Waals surface area contributed by atoms with Gasteiger partial charge in [-0.3, -0.25) is 82.6 Å². The molecule has 0 aliphatic carbocycles. The van der Waals surface area contributed by atoms with Crippen LogP contribution in [0.1, 0.15) is 135 Å². The van der Waals surface area contributed by atoms with E-state index in [0.717, 1.165) is 21.6 Å². The highest BCUT2D eigenvalue weighted by atomic mass is 32.2. The highest BCUT2D eigenvalue weighted by molar-refractivity contribution is 8.00. The van der Waals surface area contributed by atoms with Crippen molar-refractivity contribution in [1.82, 2.24) is 103 Å². The molecule has 129 heavy (non-hydrogen) atoms. The Morgan fingerprint density at radius 2 is 1.16 bits per heavy atom. The van der Waals surface area contributed by atoms with Crippen molar-refractivity contribution in [2.45, 2.75) is 223 Å². The summed E-state index contributed by atoms with van der Waals surface area (Å²) in [4.78, 5) is 239. The van der Waals surface area contributed by atoms with Crippen LogP contribution in [0.5, 0.6) is 0 Å². The third-order valence-electron chi connectivity index (χ3n) is 23.0. The molecule has 14 atom stereocenters. The van der Waals surface area contributed by atoms with Crippen molar-refractivity contribution in [3.8, 4) is 0 Å². The number of aromatic nitrogens is 4. The molecule has 0 saturated carbocycles. The van der Waals surface area contributed by atoms with E-state index in [-0.39, 0.29) is 89.0 Å². The quantitative estimate of drug-likeness (QED) is 0.0192. The van der Waals surface area contributed by atoms with Crippen molar-refractivity contribution >= 4 is 128 Å². The topological polar surface area (TPSA) is 581 Å². The zero-order valence-electron chi connectivity index (χ0n) is 74.8. The van der Waals surface area contributed by atoms with Gasteiger partial charge < -0.3 is 114 Å². The highest BCUT2D eigenvalue weighted by Gasteiger charge is 2.43. The minimum atomic E-state index is -1.97. The Balaban J connectivity index is 1.16. The summed E-state index contributed by atoms with van der Waals surface area (Å²) in [5.41, 5.74) is 14.6. The number of fused-ring (bicyclic) bond motifs is 3. The van der Waals surface area contributed by atoms with Crippen molar-refractivity contribution in [1.29, 1.82) is 5.41 Å². The van der Waals surface area contributed by atoms with Crippen LogP contribution in [0.15, 0.2) is 104 Å². The first-order valence-electron chi connectivity index (χ1n) is 43.7. The molecule has 0 bridgehead atoms. The van der Waals surface area contributed by atoms with Gasteiger partial charge in [-0.05, 0) is 100.0 Å². The Morgan fingerprint density at radius 3 is 1.77 bits per heavy atom. The number of likely N-dealkylation sites (N-methyl/N-ethyl adjacent to an activating group) is 4. The van der Waals surface area contributed by atoms with E-state index in [1.54, 1.807) is 93.0 Å². The average molecular weight is 1810 g/mol. The van der Waals surface area contributed by atoms with Gasteiger partial charge in [0, 0.05) is 112 Å². The number of carbonyl (C=O) groups excluding carboxylic acids is 15. The Morgan fingerprint density at radius 1 is 0.581 bits per heavy atom. The lowest BCUT2D eigenvalue weighted by molar-refractivity contribution is -0.149. The van der Waals surface area contributed by atoms with Gasteiger partial charge in [0.25, 0.3) is 0 Å². The number of aliphatic hydroxyl groups is 2. The number of hydrogen-bond donors (Lipinski definition) is 19. The Bertz CT molecular complexity index is 4860. The summed E-state index contributed by atoms with van der Waals surface area (Å²) in [6.45, 7) is 7.87. The zero-order valence-corrected chi connectivity index (χ0v) is 75.6. The fourth-order valence-corrected chi connectivity index (χ4v) is 16.5. The van der Waals surface area contributed by atoms with Crippen LogP contribution in [0, 0.1) is 11.3 Å². The molecule has 0 radical (unpaired) electrons. The van der Waals surface area contributed by atoms with Crippen LogP contribution < -0.4 is 70.0 Å². The molecule has 0 spiro atoms. The third kappa shape index (κ3) is 29.5. The second-order valence-corrected chi connectivity index (χ2v) is 34.3. The zero-order chi connectivity index (χ0) is 94.3. The molecule has 2 saturated heterocycles. The monoisotopic (exact) mass is 1810 g/mol. The summed E-state index contributed by atoms with van der Waals surface area (Å²) in [5, 5.41) is 62.7. The first-order chi connectivity index (χ1) is 61.5. The van der Waals surface area contributed by atoms with E-state index in [1.807, 2.05) is 26.0 Å². The van der Waals surface area contributed by atoms with Crippen LogP contribution in [0.2, 0.25) is 0 Å². The van der Waals surface area contributed by atoms with E-state index in [4.69, 9.17) is 16.9 Å². The van der Waals surface area contributed by atoms with Crippen molar-refractivity contribution in [3.05, 3.63) is 126 Å². The molecule has 5 heterocycles.